The zero-order valence-corrected chi connectivity index (χ0v) is 11.0. The highest BCUT2D eigenvalue weighted by molar-refractivity contribution is 4.59. The fraction of sp³-hybridized carbons (Fsp3) is 1.00. The summed E-state index contributed by atoms with van der Waals surface area (Å²) in [5, 5.41) is 0. The average molecular weight is 189 g/mol. The van der Waals surface area contributed by atoms with Crippen molar-refractivity contribution in [3.8, 4) is 0 Å². The molecule has 84 valence electrons. The van der Waals surface area contributed by atoms with Crippen LogP contribution in [0.3, 0.4) is 0 Å². The van der Waals surface area contributed by atoms with E-state index in [0.717, 1.165) is 0 Å². The van der Waals surface area contributed by atoms with Gasteiger partial charge in [0, 0.05) is 0 Å². The molecule has 1 heterocycles. The molecule has 0 atom stereocenters. The van der Waals surface area contributed by atoms with Crippen LogP contribution in [-0.4, -0.2) is 25.0 Å². The second kappa shape index (κ2) is 22.7. The van der Waals surface area contributed by atoms with E-state index in [-0.39, 0.29) is 0 Å². The van der Waals surface area contributed by atoms with Gasteiger partial charge in [0.25, 0.3) is 0 Å². The van der Waals surface area contributed by atoms with Crippen LogP contribution in [0.25, 0.3) is 0 Å². The molecular formula is C12H31N. The summed E-state index contributed by atoms with van der Waals surface area (Å²) in [6.07, 6.45) is 4.08. The van der Waals surface area contributed by atoms with E-state index in [1.165, 1.54) is 32.4 Å². The van der Waals surface area contributed by atoms with Gasteiger partial charge in [0.2, 0.25) is 0 Å². The lowest BCUT2D eigenvalue weighted by Gasteiger charge is -2.01. The third-order valence-electron chi connectivity index (χ3n) is 1.33. The molecule has 1 aliphatic heterocycles. The summed E-state index contributed by atoms with van der Waals surface area (Å²) in [6.45, 7) is 14.9. The van der Waals surface area contributed by atoms with Gasteiger partial charge in [0.15, 0.2) is 0 Å². The van der Waals surface area contributed by atoms with Crippen molar-refractivity contribution in [1.82, 2.24) is 4.90 Å². The summed E-state index contributed by atoms with van der Waals surface area (Å²) >= 11 is 0. The first-order valence-corrected chi connectivity index (χ1v) is 5.99. The molecule has 0 aromatic carbocycles. The normalized spacial score (nSPS) is 14.1. The van der Waals surface area contributed by atoms with Gasteiger partial charge in [-0.3, -0.25) is 0 Å². The smallest absolute Gasteiger partial charge is 0.00213 e. The lowest BCUT2D eigenvalue weighted by atomic mass is 10.4. The van der Waals surface area contributed by atoms with Crippen LogP contribution in [0, 0.1) is 0 Å². The van der Waals surface area contributed by atoms with Crippen molar-refractivity contribution in [1.29, 1.82) is 0 Å². The van der Waals surface area contributed by atoms with Crippen LogP contribution >= 0.6 is 0 Å². The van der Waals surface area contributed by atoms with Crippen molar-refractivity contribution in [2.75, 3.05) is 20.1 Å². The molecule has 0 bridgehead atoms. The molecule has 0 aromatic rings. The van der Waals surface area contributed by atoms with Gasteiger partial charge in [-0.05, 0) is 33.0 Å². The first-order valence-electron chi connectivity index (χ1n) is 5.99. The second-order valence-corrected chi connectivity index (χ2v) is 2.72. The van der Waals surface area contributed by atoms with Crippen molar-refractivity contribution >= 4 is 0 Å². The summed E-state index contributed by atoms with van der Waals surface area (Å²) in [4.78, 5) is 2.36. The third kappa shape index (κ3) is 24.5. The number of nitrogens with zero attached hydrogens (tertiary/aromatic N) is 1. The third-order valence-corrected chi connectivity index (χ3v) is 1.33. The Morgan fingerprint density at radius 3 is 1.15 bits per heavy atom. The van der Waals surface area contributed by atoms with Crippen molar-refractivity contribution in [2.45, 2.75) is 60.8 Å². The molecule has 1 aliphatic rings. The predicted octanol–water partition coefficient (Wildman–Crippen LogP) is 4.18. The Kier molecular flexibility index (Phi) is 32.6. The van der Waals surface area contributed by atoms with Gasteiger partial charge in [-0.1, -0.05) is 48.0 Å². The summed E-state index contributed by atoms with van der Waals surface area (Å²) < 4.78 is 0. The molecule has 0 unspecified atom stereocenters. The van der Waals surface area contributed by atoms with Crippen LogP contribution in [0.4, 0.5) is 0 Å². The van der Waals surface area contributed by atoms with Gasteiger partial charge in [0.1, 0.15) is 0 Å². The van der Waals surface area contributed by atoms with Crippen molar-refractivity contribution in [3.63, 3.8) is 0 Å². The molecule has 1 heteroatoms. The molecule has 0 spiro atoms. The number of likely N-dealkylation sites (tertiary alicyclic amines) is 1. The summed E-state index contributed by atoms with van der Waals surface area (Å²) in [5.74, 6) is 0. The van der Waals surface area contributed by atoms with Crippen LogP contribution < -0.4 is 0 Å². The van der Waals surface area contributed by atoms with E-state index in [1.54, 1.807) is 0 Å². The summed E-state index contributed by atoms with van der Waals surface area (Å²) in [6, 6.07) is 0. The molecule has 0 aliphatic carbocycles. The largest absolute Gasteiger partial charge is 0.306 e. The molecule has 0 N–H and O–H groups in total. The lowest BCUT2D eigenvalue weighted by molar-refractivity contribution is 0.418. The fourth-order valence-corrected chi connectivity index (χ4v) is 0.875. The lowest BCUT2D eigenvalue weighted by Crippen LogP contribution is -2.10. The number of hydrogen-bond donors (Lipinski definition) is 0. The Morgan fingerprint density at radius 2 is 1.08 bits per heavy atom. The maximum absolute atomic E-state index is 2.36. The standard InChI is InChI=1S/C5H11N.C3H8.2C2H6/c1-6-4-2-3-5-6;1-3-2;2*1-2/h2-5H2,1H3;3H2,1-2H3;2*1-2H3. The first-order chi connectivity index (χ1) is 6.31. The van der Waals surface area contributed by atoms with E-state index in [2.05, 4.69) is 25.8 Å². The molecule has 0 radical (unpaired) electrons. The SMILES string of the molecule is CC.CC.CCC.CN1CCCC1. The average Bonchev–Trinajstić information content (AvgIpc) is 2.64. The molecular weight excluding hydrogens is 158 g/mol. The van der Waals surface area contributed by atoms with Gasteiger partial charge in [-0.15, -0.1) is 0 Å². The van der Waals surface area contributed by atoms with E-state index in [0.29, 0.717) is 0 Å². The zero-order valence-electron chi connectivity index (χ0n) is 11.0. The maximum atomic E-state index is 2.36. The Hall–Kier alpha value is -0.0400. The number of rotatable bonds is 0. The molecule has 13 heavy (non-hydrogen) atoms. The molecule has 1 saturated heterocycles. The van der Waals surface area contributed by atoms with E-state index >= 15 is 0 Å². The highest BCUT2D eigenvalue weighted by Crippen LogP contribution is 2.01. The van der Waals surface area contributed by atoms with Gasteiger partial charge in [-0.2, -0.15) is 0 Å². The van der Waals surface area contributed by atoms with Gasteiger partial charge in [0.05, 0.1) is 0 Å². The summed E-state index contributed by atoms with van der Waals surface area (Å²) in [5.41, 5.74) is 0. The second-order valence-electron chi connectivity index (χ2n) is 2.72. The summed E-state index contributed by atoms with van der Waals surface area (Å²) in [7, 11) is 2.17. The Bertz CT molecular complexity index is 47.1. The van der Waals surface area contributed by atoms with Gasteiger partial charge in [-0.25, -0.2) is 0 Å². The highest BCUT2D eigenvalue weighted by atomic mass is 15.1. The Balaban J connectivity index is -0.000000124. The van der Waals surface area contributed by atoms with Crippen LogP contribution in [0.15, 0.2) is 0 Å². The first kappa shape index (κ1) is 18.7. The van der Waals surface area contributed by atoms with E-state index in [4.69, 9.17) is 0 Å². The van der Waals surface area contributed by atoms with E-state index in [9.17, 15) is 0 Å². The van der Waals surface area contributed by atoms with Gasteiger partial charge < -0.3 is 4.90 Å². The quantitative estimate of drug-likeness (QED) is 0.552. The minimum atomic E-state index is 1.25. The number of hydrogen-bond acceptors (Lipinski definition) is 1. The molecule has 1 fully saturated rings. The molecule has 1 nitrogen and oxygen atoms in total. The Morgan fingerprint density at radius 1 is 0.846 bits per heavy atom. The zero-order chi connectivity index (χ0) is 11.1. The highest BCUT2D eigenvalue weighted by Gasteiger charge is 2.03. The molecule has 1 rings (SSSR count). The van der Waals surface area contributed by atoms with Crippen molar-refractivity contribution < 1.29 is 0 Å². The minimum absolute atomic E-state index is 1.25. The molecule has 0 aromatic heterocycles. The fourth-order valence-electron chi connectivity index (χ4n) is 0.875. The topological polar surface area (TPSA) is 3.24 Å². The van der Waals surface area contributed by atoms with E-state index < -0.39 is 0 Å². The maximum Gasteiger partial charge on any atom is -0.00213 e. The monoisotopic (exact) mass is 189 g/mol. The van der Waals surface area contributed by atoms with E-state index in [1.807, 2.05) is 27.7 Å². The minimum Gasteiger partial charge on any atom is -0.306 e. The van der Waals surface area contributed by atoms with Crippen LogP contribution in [0.5, 0.6) is 0 Å². The van der Waals surface area contributed by atoms with Crippen molar-refractivity contribution in [3.05, 3.63) is 0 Å². The van der Waals surface area contributed by atoms with Gasteiger partial charge >= 0.3 is 0 Å². The van der Waals surface area contributed by atoms with Crippen LogP contribution in [-0.2, 0) is 0 Å². The Labute approximate surface area is 86.5 Å². The van der Waals surface area contributed by atoms with Crippen LogP contribution in [0.1, 0.15) is 60.8 Å². The van der Waals surface area contributed by atoms with Crippen molar-refractivity contribution in [2.24, 2.45) is 0 Å². The molecule has 0 saturated carbocycles. The van der Waals surface area contributed by atoms with Crippen LogP contribution in [0.2, 0.25) is 0 Å². The predicted molar refractivity (Wildman–Crippen MR) is 65.4 cm³/mol. The molecule has 0 amide bonds.